The molecule has 1 rings (SSSR count). The number of rotatable bonds is 2. The zero-order valence-corrected chi connectivity index (χ0v) is 7.96. The van der Waals surface area contributed by atoms with Crippen molar-refractivity contribution in [2.24, 2.45) is 0 Å². The molecule has 11 heavy (non-hydrogen) atoms. The molecule has 0 N–H and O–H groups in total. The maximum atomic E-state index is 11.6. The van der Waals surface area contributed by atoms with E-state index < -0.39 is 27.0 Å². The Kier molecular flexibility index (Phi) is 3.54. The van der Waals surface area contributed by atoms with Crippen LogP contribution in [0.3, 0.4) is 0 Å². The van der Waals surface area contributed by atoms with Crippen molar-refractivity contribution in [2.75, 3.05) is 0 Å². The molecule has 0 aliphatic rings. The molecule has 0 nitrogen and oxygen atoms in total. The predicted octanol–water partition coefficient (Wildman–Crippen LogP) is 1.75. The van der Waals surface area contributed by atoms with Gasteiger partial charge in [0.25, 0.3) is 0 Å². The summed E-state index contributed by atoms with van der Waals surface area (Å²) in [5, 5.41) is 0. The van der Waals surface area contributed by atoms with E-state index in [-0.39, 0.29) is 0 Å². The van der Waals surface area contributed by atoms with E-state index >= 15 is 0 Å². The van der Waals surface area contributed by atoms with Crippen molar-refractivity contribution < 1.29 is 8.78 Å². The molecule has 0 atom stereocenters. The van der Waals surface area contributed by atoms with Crippen LogP contribution in [0.25, 0.3) is 0 Å². The van der Waals surface area contributed by atoms with Gasteiger partial charge in [0.1, 0.15) is 0 Å². The minimum absolute atomic E-state index is 0.795. The molecule has 0 aromatic heterocycles. The van der Waals surface area contributed by atoms with Gasteiger partial charge in [0, 0.05) is 0 Å². The molecule has 0 unspecified atom stereocenters. The van der Waals surface area contributed by atoms with Gasteiger partial charge in [-0.05, 0) is 0 Å². The van der Waals surface area contributed by atoms with Crippen molar-refractivity contribution in [1.29, 1.82) is 0 Å². The van der Waals surface area contributed by atoms with Gasteiger partial charge >= 0.3 is 73.9 Å². The monoisotopic (exact) mass is 270 g/mol. The van der Waals surface area contributed by atoms with Crippen molar-refractivity contribution in [3.63, 3.8) is 0 Å². The molecule has 0 bridgehead atoms. The molecule has 0 saturated carbocycles. The first kappa shape index (κ1) is 8.70. The first-order valence-electron chi connectivity index (χ1n) is 3.02. The first-order chi connectivity index (χ1) is 5.29. The summed E-state index contributed by atoms with van der Waals surface area (Å²) in [5.41, 5.74) is 0. The van der Waals surface area contributed by atoms with E-state index in [2.05, 4.69) is 0 Å². The van der Waals surface area contributed by atoms with E-state index in [0.29, 0.717) is 0 Å². The topological polar surface area (TPSA) is 0 Å². The quantitative estimate of drug-likeness (QED) is 0.717. The van der Waals surface area contributed by atoms with Gasteiger partial charge in [-0.25, -0.2) is 0 Å². The normalized spacial score (nSPS) is 9.27. The van der Waals surface area contributed by atoms with Gasteiger partial charge in [-0.2, -0.15) is 0 Å². The Hall–Kier alpha value is -0.390. The van der Waals surface area contributed by atoms with E-state index in [1.54, 1.807) is 0 Å². The van der Waals surface area contributed by atoms with Gasteiger partial charge in [-0.1, -0.05) is 0 Å². The fourth-order valence-corrected chi connectivity index (χ4v) is 2.15. The summed E-state index contributed by atoms with van der Waals surface area (Å²) < 4.78 is 25.3. The number of hydrogen-bond donors (Lipinski definition) is 0. The van der Waals surface area contributed by atoms with Gasteiger partial charge < -0.3 is 0 Å². The van der Waals surface area contributed by atoms with E-state index in [4.69, 9.17) is 0 Å². The molecule has 1 aromatic rings. The molecule has 58 valence electrons. The van der Waals surface area contributed by atoms with Crippen molar-refractivity contribution in [2.45, 2.75) is 0 Å². The minimum atomic E-state index is -1.56. The van der Waals surface area contributed by atoms with Crippen LogP contribution < -0.4 is 3.61 Å². The van der Waals surface area contributed by atoms with Crippen LogP contribution in [0, 0.1) is 0 Å². The molecule has 0 aliphatic heterocycles. The van der Waals surface area contributed by atoms with E-state index in [1.807, 2.05) is 30.3 Å². The van der Waals surface area contributed by atoms with Crippen LogP contribution in [0.2, 0.25) is 0 Å². The molecule has 0 amide bonds. The third-order valence-electron chi connectivity index (χ3n) is 1.03. The van der Waals surface area contributed by atoms with Crippen LogP contribution >= 0.6 is 0 Å². The molecule has 1 aromatic carbocycles. The van der Waals surface area contributed by atoms with Gasteiger partial charge in [0.15, 0.2) is 0 Å². The zero-order chi connectivity index (χ0) is 8.10. The Balaban J connectivity index is 2.59. The predicted molar refractivity (Wildman–Crippen MR) is 42.1 cm³/mol. The molecule has 0 fully saturated rings. The van der Waals surface area contributed by atoms with Crippen LogP contribution in [0.1, 0.15) is 0 Å². The standard InChI is InChI=1S/C8H6F2Te/c9-8(10)6-11-7-4-2-1-3-5-7/h1-6H. The average molecular weight is 268 g/mol. The maximum absolute atomic E-state index is 11.6. The fraction of sp³-hybridized carbons (Fsp3) is 0. The third kappa shape index (κ3) is 3.50. The third-order valence-corrected chi connectivity index (χ3v) is 3.43. The second-order valence-corrected chi connectivity index (χ2v) is 4.53. The Bertz CT molecular complexity index is 240. The van der Waals surface area contributed by atoms with E-state index in [0.717, 1.165) is 7.74 Å². The van der Waals surface area contributed by atoms with Crippen molar-refractivity contribution in [3.05, 3.63) is 40.5 Å². The molecule has 3 heteroatoms. The first-order valence-corrected chi connectivity index (χ1v) is 5.53. The molecular weight excluding hydrogens is 262 g/mol. The van der Waals surface area contributed by atoms with Gasteiger partial charge in [-0.15, -0.1) is 0 Å². The number of halogens is 2. The number of benzene rings is 1. The summed E-state index contributed by atoms with van der Waals surface area (Å²) in [5.74, 6) is 0. The van der Waals surface area contributed by atoms with Crippen LogP contribution in [0.15, 0.2) is 40.5 Å². The zero-order valence-electron chi connectivity index (χ0n) is 5.63. The van der Waals surface area contributed by atoms with Gasteiger partial charge in [-0.3, -0.25) is 0 Å². The summed E-state index contributed by atoms with van der Waals surface area (Å²) in [6.45, 7) is 0. The summed E-state index contributed by atoms with van der Waals surface area (Å²) >= 11 is -0.795. The second-order valence-electron chi connectivity index (χ2n) is 1.84. The summed E-state index contributed by atoms with van der Waals surface area (Å²) in [4.78, 5) is 0. The van der Waals surface area contributed by atoms with Crippen LogP contribution in [-0.2, 0) is 0 Å². The van der Waals surface area contributed by atoms with Crippen molar-refractivity contribution in [3.8, 4) is 0 Å². The van der Waals surface area contributed by atoms with E-state index in [9.17, 15) is 8.78 Å². The Morgan fingerprint density at radius 3 is 2.36 bits per heavy atom. The average Bonchev–Trinajstić information content (AvgIpc) is 2.03. The van der Waals surface area contributed by atoms with Crippen molar-refractivity contribution in [1.82, 2.24) is 0 Å². The molecule has 0 spiro atoms. The van der Waals surface area contributed by atoms with Crippen LogP contribution in [0.4, 0.5) is 8.78 Å². The van der Waals surface area contributed by atoms with Crippen LogP contribution in [-0.4, -0.2) is 20.9 Å². The fourth-order valence-electron chi connectivity index (χ4n) is 0.612. The molecule has 0 saturated heterocycles. The Morgan fingerprint density at radius 2 is 1.82 bits per heavy atom. The van der Waals surface area contributed by atoms with Gasteiger partial charge in [0.05, 0.1) is 0 Å². The Morgan fingerprint density at radius 1 is 1.18 bits per heavy atom. The van der Waals surface area contributed by atoms with Crippen LogP contribution in [0.5, 0.6) is 0 Å². The molecular formula is C8H6F2Te. The van der Waals surface area contributed by atoms with E-state index in [1.165, 1.54) is 0 Å². The second kappa shape index (κ2) is 4.48. The Labute approximate surface area is 74.0 Å². The molecule has 0 heterocycles. The van der Waals surface area contributed by atoms with Gasteiger partial charge in [0.2, 0.25) is 0 Å². The van der Waals surface area contributed by atoms with Crippen molar-refractivity contribution >= 4 is 24.5 Å². The SMILES string of the molecule is FC(F)=C[Te]c1ccccc1. The number of hydrogen-bond acceptors (Lipinski definition) is 0. The molecule has 0 radical (unpaired) electrons. The summed E-state index contributed by atoms with van der Waals surface area (Å²) in [6.07, 6.45) is -1.56. The molecule has 0 aliphatic carbocycles. The summed E-state index contributed by atoms with van der Waals surface area (Å²) in [7, 11) is 0. The summed E-state index contributed by atoms with van der Waals surface area (Å²) in [6, 6.07) is 9.36.